The molecule has 106 valence electrons. The van der Waals surface area contributed by atoms with Crippen molar-refractivity contribution in [1.82, 2.24) is 4.98 Å². The number of pyridine rings is 1. The Morgan fingerprint density at radius 3 is 2.24 bits per heavy atom. The number of rotatable bonds is 4. The maximum Gasteiger partial charge on any atom is 0.227 e. The van der Waals surface area contributed by atoms with Gasteiger partial charge in [-0.1, -0.05) is 36.4 Å². The molecule has 0 bridgehead atoms. The molecule has 0 unspecified atom stereocenters. The Morgan fingerprint density at radius 2 is 1.48 bits per heavy atom. The van der Waals surface area contributed by atoms with Crippen LogP contribution in [0.1, 0.15) is 11.1 Å². The van der Waals surface area contributed by atoms with Crippen LogP contribution >= 0.6 is 0 Å². The highest BCUT2D eigenvalue weighted by Gasteiger charge is 2.10. The summed E-state index contributed by atoms with van der Waals surface area (Å²) < 4.78 is 5.86. The lowest BCUT2D eigenvalue weighted by Crippen LogP contribution is -1.96. The molecule has 4 nitrogen and oxygen atoms in total. The predicted molar refractivity (Wildman–Crippen MR) is 80.1 cm³/mol. The Bertz CT molecular complexity index is 771. The zero-order valence-electron chi connectivity index (χ0n) is 11.4. The number of ether oxygens (including phenoxy) is 1. The second-order valence-electron chi connectivity index (χ2n) is 4.66. The molecule has 1 aromatic heterocycles. The van der Waals surface area contributed by atoms with Crippen LogP contribution in [0.15, 0.2) is 54.7 Å². The number of aliphatic hydroxyl groups is 2. The summed E-state index contributed by atoms with van der Waals surface area (Å²) >= 11 is 0. The quantitative estimate of drug-likeness (QED) is 0.771. The molecule has 0 fully saturated rings. The van der Waals surface area contributed by atoms with Crippen LogP contribution in [0, 0.1) is 0 Å². The summed E-state index contributed by atoms with van der Waals surface area (Å²) in [4.78, 5) is 4.28. The predicted octanol–water partition coefficient (Wildman–Crippen LogP) is 3.01. The molecule has 21 heavy (non-hydrogen) atoms. The van der Waals surface area contributed by atoms with Gasteiger partial charge < -0.3 is 14.9 Å². The molecule has 1 heterocycles. The zero-order valence-corrected chi connectivity index (χ0v) is 11.4. The molecule has 0 radical (unpaired) electrons. The number of aromatic nitrogens is 1. The molecule has 0 saturated carbocycles. The minimum atomic E-state index is -0.0944. The summed E-state index contributed by atoms with van der Waals surface area (Å²) in [5.74, 6) is 1.04. The van der Waals surface area contributed by atoms with Gasteiger partial charge >= 0.3 is 0 Å². The number of fused-ring (bicyclic) bond motifs is 1. The van der Waals surface area contributed by atoms with Gasteiger partial charge in [0.1, 0.15) is 5.75 Å². The average molecular weight is 281 g/mol. The molecule has 4 heteroatoms. The number of aliphatic hydroxyl groups excluding tert-OH is 2. The summed E-state index contributed by atoms with van der Waals surface area (Å²) in [7, 11) is 0. The van der Waals surface area contributed by atoms with Gasteiger partial charge in [-0.05, 0) is 17.5 Å². The Kier molecular flexibility index (Phi) is 3.81. The van der Waals surface area contributed by atoms with E-state index >= 15 is 0 Å². The maximum absolute atomic E-state index is 9.38. The van der Waals surface area contributed by atoms with Gasteiger partial charge in [-0.25, -0.2) is 4.98 Å². The van der Waals surface area contributed by atoms with Crippen molar-refractivity contribution in [3.63, 3.8) is 0 Å². The van der Waals surface area contributed by atoms with E-state index in [-0.39, 0.29) is 13.2 Å². The third kappa shape index (κ3) is 2.59. The van der Waals surface area contributed by atoms with E-state index in [1.165, 1.54) is 0 Å². The maximum atomic E-state index is 9.38. The molecular formula is C17H15NO3. The molecule has 3 rings (SSSR count). The van der Waals surface area contributed by atoms with Crippen LogP contribution in [0.25, 0.3) is 10.8 Å². The van der Waals surface area contributed by atoms with E-state index in [2.05, 4.69) is 4.98 Å². The van der Waals surface area contributed by atoms with E-state index < -0.39 is 0 Å². The second-order valence-corrected chi connectivity index (χ2v) is 4.66. The third-order valence-corrected chi connectivity index (χ3v) is 3.36. The first-order valence-corrected chi connectivity index (χ1v) is 6.67. The highest BCUT2D eigenvalue weighted by molar-refractivity contribution is 5.89. The molecule has 2 N–H and O–H groups in total. The Balaban J connectivity index is 2.09. The van der Waals surface area contributed by atoms with E-state index in [1.807, 2.05) is 36.4 Å². The van der Waals surface area contributed by atoms with Gasteiger partial charge in [0.2, 0.25) is 5.88 Å². The smallest absolute Gasteiger partial charge is 0.227 e. The first kappa shape index (κ1) is 13.5. The van der Waals surface area contributed by atoms with Gasteiger partial charge in [-0.15, -0.1) is 0 Å². The van der Waals surface area contributed by atoms with Crippen LogP contribution in [0.2, 0.25) is 0 Å². The van der Waals surface area contributed by atoms with E-state index in [4.69, 9.17) is 4.74 Å². The number of nitrogens with zero attached hydrogens (tertiary/aromatic N) is 1. The van der Waals surface area contributed by atoms with Crippen molar-refractivity contribution < 1.29 is 14.9 Å². The van der Waals surface area contributed by atoms with E-state index in [9.17, 15) is 10.2 Å². The van der Waals surface area contributed by atoms with Crippen molar-refractivity contribution in [2.24, 2.45) is 0 Å². The lowest BCUT2D eigenvalue weighted by atomic mass is 10.1. The van der Waals surface area contributed by atoms with Gasteiger partial charge in [0, 0.05) is 22.7 Å². The summed E-state index contributed by atoms with van der Waals surface area (Å²) in [5, 5.41) is 20.5. The molecule has 0 atom stereocenters. The molecule has 0 aliphatic rings. The summed E-state index contributed by atoms with van der Waals surface area (Å²) in [6, 6.07) is 14.9. The summed E-state index contributed by atoms with van der Waals surface area (Å²) in [6.07, 6.45) is 1.61. The SMILES string of the molecule is OCc1ccccc1Oc1ncc(CO)c2ccccc12. The van der Waals surface area contributed by atoms with Crippen molar-refractivity contribution in [2.45, 2.75) is 13.2 Å². The molecule has 0 spiro atoms. The minimum Gasteiger partial charge on any atom is -0.438 e. The number of hydrogen-bond donors (Lipinski definition) is 2. The van der Waals surface area contributed by atoms with Crippen LogP contribution in [-0.2, 0) is 13.2 Å². The van der Waals surface area contributed by atoms with Crippen LogP contribution in [0.4, 0.5) is 0 Å². The second kappa shape index (κ2) is 5.91. The lowest BCUT2D eigenvalue weighted by molar-refractivity contribution is 0.276. The van der Waals surface area contributed by atoms with Crippen molar-refractivity contribution in [3.8, 4) is 11.6 Å². The van der Waals surface area contributed by atoms with Gasteiger partial charge in [0.25, 0.3) is 0 Å². The van der Waals surface area contributed by atoms with Crippen LogP contribution < -0.4 is 4.74 Å². The number of hydrogen-bond acceptors (Lipinski definition) is 4. The monoisotopic (exact) mass is 281 g/mol. The molecule has 0 amide bonds. The highest BCUT2D eigenvalue weighted by Crippen LogP contribution is 2.31. The molecule has 0 aliphatic heterocycles. The fourth-order valence-electron chi connectivity index (χ4n) is 2.27. The first-order chi connectivity index (χ1) is 10.3. The van der Waals surface area contributed by atoms with Gasteiger partial charge in [-0.3, -0.25) is 0 Å². The largest absolute Gasteiger partial charge is 0.438 e. The fraction of sp³-hybridized carbons (Fsp3) is 0.118. The van der Waals surface area contributed by atoms with Crippen LogP contribution in [0.5, 0.6) is 11.6 Å². The number of para-hydroxylation sites is 1. The molecule has 0 aliphatic carbocycles. The molecule has 0 saturated heterocycles. The zero-order chi connectivity index (χ0) is 14.7. The van der Waals surface area contributed by atoms with Gasteiger partial charge in [0.05, 0.1) is 13.2 Å². The van der Waals surface area contributed by atoms with E-state index in [0.29, 0.717) is 17.2 Å². The van der Waals surface area contributed by atoms with E-state index in [1.54, 1.807) is 18.3 Å². The summed E-state index contributed by atoms with van der Waals surface area (Å²) in [6.45, 7) is -0.163. The van der Waals surface area contributed by atoms with Gasteiger partial charge in [-0.2, -0.15) is 0 Å². The van der Waals surface area contributed by atoms with E-state index in [0.717, 1.165) is 16.3 Å². The van der Waals surface area contributed by atoms with Crippen molar-refractivity contribution >= 4 is 10.8 Å². The molecule has 3 aromatic rings. The van der Waals surface area contributed by atoms with Gasteiger partial charge in [0.15, 0.2) is 0 Å². The third-order valence-electron chi connectivity index (χ3n) is 3.36. The average Bonchev–Trinajstić information content (AvgIpc) is 2.55. The molecular weight excluding hydrogens is 266 g/mol. The Hall–Kier alpha value is -2.43. The minimum absolute atomic E-state index is 0.0684. The van der Waals surface area contributed by atoms with Crippen molar-refractivity contribution in [3.05, 3.63) is 65.9 Å². The standard InChI is InChI=1S/C17H15NO3/c19-10-12-5-1-4-8-16(12)21-17-15-7-3-2-6-14(15)13(11-20)9-18-17/h1-9,19-20H,10-11H2. The normalized spacial score (nSPS) is 10.8. The lowest BCUT2D eigenvalue weighted by Gasteiger charge is -2.12. The number of benzene rings is 2. The highest BCUT2D eigenvalue weighted by atomic mass is 16.5. The topological polar surface area (TPSA) is 62.6 Å². The first-order valence-electron chi connectivity index (χ1n) is 6.67. The van der Waals surface area contributed by atoms with Crippen LogP contribution in [0.3, 0.4) is 0 Å². The fourth-order valence-corrected chi connectivity index (χ4v) is 2.27. The molecule has 2 aromatic carbocycles. The van der Waals surface area contributed by atoms with Crippen molar-refractivity contribution in [1.29, 1.82) is 0 Å². The van der Waals surface area contributed by atoms with Crippen LogP contribution in [-0.4, -0.2) is 15.2 Å². The Labute approximate surface area is 122 Å². The summed E-state index contributed by atoms with van der Waals surface area (Å²) in [5.41, 5.74) is 1.46. The van der Waals surface area contributed by atoms with Crippen molar-refractivity contribution in [2.75, 3.05) is 0 Å². The Morgan fingerprint density at radius 1 is 0.810 bits per heavy atom.